The van der Waals surface area contributed by atoms with E-state index in [1.54, 1.807) is 80.7 Å². The van der Waals surface area contributed by atoms with Gasteiger partial charge in [0.2, 0.25) is 0 Å². The number of carbonyl (C=O) groups excluding carboxylic acids is 2. The minimum Gasteiger partial charge on any atom is -0.462 e. The van der Waals surface area contributed by atoms with E-state index in [1.807, 2.05) is 19.1 Å². The van der Waals surface area contributed by atoms with Gasteiger partial charge in [-0.2, -0.15) is 0 Å². The Bertz CT molecular complexity index is 1690. The predicted octanol–water partition coefficient (Wildman–Crippen LogP) is 0.133. The van der Waals surface area contributed by atoms with E-state index in [0.29, 0.717) is 0 Å². The van der Waals surface area contributed by atoms with E-state index in [0.717, 1.165) is 0 Å². The van der Waals surface area contributed by atoms with Crippen LogP contribution < -0.4 is 11.2 Å². The number of hydroxylamine groups is 1. The third-order valence-corrected chi connectivity index (χ3v) is 12.1. The van der Waals surface area contributed by atoms with Gasteiger partial charge in [-0.1, -0.05) is 98.9 Å². The second-order valence-electron chi connectivity index (χ2n) is 17.7. The van der Waals surface area contributed by atoms with Crippen molar-refractivity contribution < 1.29 is 84.8 Å². The van der Waals surface area contributed by atoms with Crippen molar-refractivity contribution in [2.75, 3.05) is 0 Å². The molecule has 3 aliphatic heterocycles. The molecule has 0 aromatic carbocycles. The molecule has 374 valence electrons. The number of hydrogen-bond donors (Lipinski definition) is 13. The Morgan fingerprint density at radius 1 is 0.682 bits per heavy atom. The monoisotopic (exact) mass is 938 g/mol. The molecule has 3 heterocycles. The van der Waals surface area contributed by atoms with Crippen LogP contribution >= 0.6 is 0 Å². The molecule has 66 heavy (non-hydrogen) atoms. The Balaban J connectivity index is 1.88. The standard InChI is InChI=1S/C47H74N2O17/c1-27-17-15-13-11-9-7-5-6-8-10-12-14-16-18-34(65-46-44(59)41(48)43(58)30(4)64-46)24-38-40(45(60)49-62)37(55)26-47(61,66-38)25-33(52)22-36(54)35(53)20-19-31(50)21-32(51)23-39(56)63-29(3)28(2)42(27)57/h5-18,27-38,40-44,46,50-55,57-59,61-62H,19-26,48H2,1-4H3,(H,49,60)/b6-5+,9-7+,10-8+,13-11+,14-12+,17-15+,18-16+/t27-,28-,29-,30+,31+,32+,33-,34-,35+,36+,37-,38-,40+,41-,42+,43+,44-,46-,47+/m0/s1. The number of hydrogen-bond acceptors (Lipinski definition) is 18. The van der Waals surface area contributed by atoms with Crippen molar-refractivity contribution in [3.05, 3.63) is 85.1 Å². The van der Waals surface area contributed by atoms with E-state index in [1.165, 1.54) is 18.5 Å². The Kier molecular flexibility index (Phi) is 24.2. The molecule has 0 radical (unpaired) electrons. The SMILES string of the molecule is C[C@@H]1[C@H](O)[C@@H](C)/C=C/C=C/C=C/C=C/C=C/C=C/C=C/[C@H](O[C@@H]2O[C@H](C)[C@@H](O)[C@H](N)[C@@H]2O)C[C@@H]2O[C@](O)(C[C@@H](O)C[C@@H](O)[C@H](O)CC[C@@H](O)C[C@@H](O)CC(=O)O[C@H]1C)C[C@H](O)[C@H]2C(=O)NO. The van der Waals surface area contributed by atoms with Crippen molar-refractivity contribution >= 4 is 11.9 Å². The molecule has 19 atom stereocenters. The Morgan fingerprint density at radius 3 is 1.85 bits per heavy atom. The molecule has 0 aliphatic carbocycles. The van der Waals surface area contributed by atoms with Gasteiger partial charge in [0.1, 0.15) is 12.2 Å². The first-order valence-electron chi connectivity index (χ1n) is 22.6. The maximum absolute atomic E-state index is 12.9. The minimum absolute atomic E-state index is 0.109. The maximum atomic E-state index is 12.9. The van der Waals surface area contributed by atoms with E-state index in [-0.39, 0.29) is 31.6 Å². The van der Waals surface area contributed by atoms with Crippen LogP contribution in [0.15, 0.2) is 85.1 Å². The van der Waals surface area contributed by atoms with Gasteiger partial charge in [-0.15, -0.1) is 0 Å². The summed E-state index contributed by atoms with van der Waals surface area (Å²) in [7, 11) is 0. The van der Waals surface area contributed by atoms with E-state index in [9.17, 15) is 65.9 Å². The molecular weight excluding hydrogens is 865 g/mol. The molecule has 19 nitrogen and oxygen atoms in total. The highest BCUT2D eigenvalue weighted by Crippen LogP contribution is 2.38. The van der Waals surface area contributed by atoms with Crippen molar-refractivity contribution in [1.29, 1.82) is 0 Å². The van der Waals surface area contributed by atoms with E-state index < -0.39 is 147 Å². The van der Waals surface area contributed by atoms with Crippen molar-refractivity contribution in [3.8, 4) is 0 Å². The normalized spacial score (nSPS) is 44.9. The zero-order valence-corrected chi connectivity index (χ0v) is 38.1. The first kappa shape index (κ1) is 56.8. The molecule has 3 aliphatic rings. The molecule has 0 spiro atoms. The zero-order valence-electron chi connectivity index (χ0n) is 38.1. The summed E-state index contributed by atoms with van der Waals surface area (Å²) in [5.74, 6) is -6.34. The maximum Gasteiger partial charge on any atom is 0.308 e. The number of nitrogens with two attached hydrogens (primary N) is 1. The van der Waals surface area contributed by atoms with Crippen LogP contribution in [-0.2, 0) is 28.5 Å². The summed E-state index contributed by atoms with van der Waals surface area (Å²) in [6.07, 6.45) is 3.53. The molecule has 19 heteroatoms. The smallest absolute Gasteiger partial charge is 0.308 e. The summed E-state index contributed by atoms with van der Waals surface area (Å²) in [6.45, 7) is 6.74. The van der Waals surface area contributed by atoms with Crippen LogP contribution in [-0.4, -0.2) is 166 Å². The highest BCUT2D eigenvalue weighted by atomic mass is 16.7. The van der Waals surface area contributed by atoms with Gasteiger partial charge < -0.3 is 75.7 Å². The van der Waals surface area contributed by atoms with Crippen LogP contribution in [0, 0.1) is 17.8 Å². The van der Waals surface area contributed by atoms with Crippen LogP contribution in [0.5, 0.6) is 0 Å². The lowest BCUT2D eigenvalue weighted by atomic mass is 9.82. The average Bonchev–Trinajstić information content (AvgIpc) is 3.24. The number of aliphatic hydroxyl groups is 10. The molecule has 0 aromatic rings. The molecule has 1 amide bonds. The highest BCUT2D eigenvalue weighted by molar-refractivity contribution is 5.78. The topological polar surface area (TPSA) is 332 Å². The Hall–Kier alpha value is -3.48. The average molecular weight is 939 g/mol. The first-order chi connectivity index (χ1) is 31.2. The molecule has 0 saturated carbocycles. The molecule has 3 rings (SSSR count). The minimum atomic E-state index is -2.33. The van der Waals surface area contributed by atoms with Crippen LogP contribution in [0.25, 0.3) is 0 Å². The Labute approximate surface area is 386 Å². The number of rotatable bonds is 3. The number of amides is 1. The lowest BCUT2D eigenvalue weighted by molar-refractivity contribution is -0.307. The first-order valence-corrected chi connectivity index (χ1v) is 22.6. The summed E-state index contributed by atoms with van der Waals surface area (Å²) >= 11 is 0. The summed E-state index contributed by atoms with van der Waals surface area (Å²) < 4.78 is 23.3. The van der Waals surface area contributed by atoms with Gasteiger partial charge in [-0.3, -0.25) is 14.8 Å². The second-order valence-corrected chi connectivity index (χ2v) is 17.7. The van der Waals surface area contributed by atoms with Crippen molar-refractivity contribution in [2.45, 2.75) is 177 Å². The van der Waals surface area contributed by atoms with Crippen molar-refractivity contribution in [2.24, 2.45) is 23.5 Å². The quantitative estimate of drug-likeness (QED) is 0.102. The lowest BCUT2D eigenvalue weighted by Gasteiger charge is -2.45. The number of ether oxygens (including phenoxy) is 4. The Morgan fingerprint density at radius 2 is 1.26 bits per heavy atom. The number of nitrogens with one attached hydrogen (secondary N) is 1. The number of cyclic esters (lactones) is 1. The number of allylic oxidation sites excluding steroid dienone is 12. The molecule has 0 aromatic heterocycles. The van der Waals surface area contributed by atoms with Crippen LogP contribution in [0.4, 0.5) is 0 Å². The highest BCUT2D eigenvalue weighted by Gasteiger charge is 2.51. The molecular formula is C47H74N2O17. The number of fused-ring (bicyclic) bond motifs is 2. The molecule has 2 bridgehead atoms. The van der Waals surface area contributed by atoms with E-state index in [2.05, 4.69) is 0 Å². The van der Waals surface area contributed by atoms with Gasteiger partial charge in [-0.25, -0.2) is 5.48 Å². The summed E-state index contributed by atoms with van der Waals surface area (Å²) in [4.78, 5) is 25.5. The van der Waals surface area contributed by atoms with Crippen LogP contribution in [0.3, 0.4) is 0 Å². The van der Waals surface area contributed by atoms with Crippen molar-refractivity contribution in [3.63, 3.8) is 0 Å². The second kappa shape index (κ2) is 28.1. The van der Waals surface area contributed by atoms with Gasteiger partial charge in [0, 0.05) is 37.5 Å². The fraction of sp³-hybridized carbons (Fsp3) is 0.660. The van der Waals surface area contributed by atoms with Crippen molar-refractivity contribution in [1.82, 2.24) is 5.48 Å². The number of carbonyl (C=O) groups is 2. The third kappa shape index (κ3) is 18.5. The number of aliphatic hydroxyl groups excluding tert-OH is 9. The largest absolute Gasteiger partial charge is 0.462 e. The molecule has 2 fully saturated rings. The van der Waals surface area contributed by atoms with E-state index in [4.69, 9.17) is 24.7 Å². The van der Waals surface area contributed by atoms with Crippen LogP contribution in [0.2, 0.25) is 0 Å². The summed E-state index contributed by atoms with van der Waals surface area (Å²) in [5.41, 5.74) is 7.53. The molecule has 0 unspecified atom stereocenters. The van der Waals surface area contributed by atoms with Gasteiger partial charge >= 0.3 is 5.97 Å². The molecule has 14 N–H and O–H groups in total. The van der Waals surface area contributed by atoms with Gasteiger partial charge in [0.25, 0.3) is 5.91 Å². The fourth-order valence-corrected chi connectivity index (χ4v) is 8.06. The molecule has 2 saturated heterocycles. The summed E-state index contributed by atoms with van der Waals surface area (Å²) in [5, 5.41) is 118. The van der Waals surface area contributed by atoms with Gasteiger partial charge in [0.05, 0.1) is 85.5 Å². The summed E-state index contributed by atoms with van der Waals surface area (Å²) in [6, 6.07) is -1.15. The zero-order chi connectivity index (χ0) is 49.1. The number of esters is 1. The fourth-order valence-electron chi connectivity index (χ4n) is 8.06. The predicted molar refractivity (Wildman–Crippen MR) is 239 cm³/mol. The van der Waals surface area contributed by atoms with Gasteiger partial charge in [-0.05, 0) is 33.1 Å². The lowest BCUT2D eigenvalue weighted by Crippen LogP contribution is -2.62. The van der Waals surface area contributed by atoms with Crippen LogP contribution in [0.1, 0.15) is 79.1 Å². The van der Waals surface area contributed by atoms with E-state index >= 15 is 0 Å². The third-order valence-electron chi connectivity index (χ3n) is 12.1. The van der Waals surface area contributed by atoms with Gasteiger partial charge in [0.15, 0.2) is 12.1 Å².